The Morgan fingerprint density at radius 2 is 2.13 bits per heavy atom. The lowest BCUT2D eigenvalue weighted by molar-refractivity contribution is -0.122. The summed E-state index contributed by atoms with van der Waals surface area (Å²) in [6.45, 7) is 7.12. The number of nitrogens with two attached hydrogens (primary N) is 1. The number of nitrogens with one attached hydrogen (secondary N) is 1. The van der Waals surface area contributed by atoms with Gasteiger partial charge in [0.25, 0.3) is 0 Å². The van der Waals surface area contributed by atoms with Gasteiger partial charge in [-0.05, 0) is 31.1 Å². The summed E-state index contributed by atoms with van der Waals surface area (Å²) in [5.41, 5.74) is 5.81. The van der Waals surface area contributed by atoms with Crippen LogP contribution in [0.1, 0.15) is 46.5 Å². The largest absolute Gasteiger partial charge is 0.356 e. The van der Waals surface area contributed by atoms with Gasteiger partial charge < -0.3 is 11.1 Å². The molecule has 15 heavy (non-hydrogen) atoms. The van der Waals surface area contributed by atoms with E-state index in [0.29, 0.717) is 6.42 Å². The van der Waals surface area contributed by atoms with Crippen LogP contribution in [0.15, 0.2) is 0 Å². The minimum atomic E-state index is -0.0446. The summed E-state index contributed by atoms with van der Waals surface area (Å²) in [4.78, 5) is 11.4. The molecular formula is C12H24N2O. The van der Waals surface area contributed by atoms with E-state index in [9.17, 15) is 4.79 Å². The highest BCUT2D eigenvalue weighted by Gasteiger charge is 2.33. The molecule has 0 bridgehead atoms. The van der Waals surface area contributed by atoms with Gasteiger partial charge in [0.1, 0.15) is 0 Å². The van der Waals surface area contributed by atoms with Crippen molar-refractivity contribution in [3.63, 3.8) is 0 Å². The van der Waals surface area contributed by atoms with Crippen molar-refractivity contribution in [3.05, 3.63) is 0 Å². The quantitative estimate of drug-likeness (QED) is 0.728. The molecule has 0 aromatic heterocycles. The van der Waals surface area contributed by atoms with Crippen molar-refractivity contribution in [2.75, 3.05) is 6.54 Å². The molecule has 1 aliphatic rings. The monoisotopic (exact) mass is 212 g/mol. The van der Waals surface area contributed by atoms with Crippen LogP contribution in [0.4, 0.5) is 0 Å². The van der Waals surface area contributed by atoms with E-state index in [1.807, 2.05) is 6.92 Å². The van der Waals surface area contributed by atoms with Gasteiger partial charge in [0, 0.05) is 19.0 Å². The van der Waals surface area contributed by atoms with E-state index in [2.05, 4.69) is 19.2 Å². The predicted molar refractivity (Wildman–Crippen MR) is 62.4 cm³/mol. The Morgan fingerprint density at radius 1 is 1.53 bits per heavy atom. The molecule has 88 valence electrons. The Bertz CT molecular complexity index is 220. The topological polar surface area (TPSA) is 55.1 Å². The molecule has 3 N–H and O–H groups in total. The zero-order valence-electron chi connectivity index (χ0n) is 10.2. The smallest absolute Gasteiger partial charge is 0.221 e. The lowest BCUT2D eigenvalue weighted by Gasteiger charge is -2.40. The van der Waals surface area contributed by atoms with Crippen molar-refractivity contribution in [3.8, 4) is 0 Å². The minimum Gasteiger partial charge on any atom is -0.356 e. The Labute approximate surface area is 92.8 Å². The highest BCUT2D eigenvalue weighted by molar-refractivity contribution is 5.76. The lowest BCUT2D eigenvalue weighted by atomic mass is 9.67. The van der Waals surface area contributed by atoms with Gasteiger partial charge in [-0.25, -0.2) is 0 Å². The Morgan fingerprint density at radius 3 is 2.53 bits per heavy atom. The average molecular weight is 212 g/mol. The van der Waals surface area contributed by atoms with Crippen LogP contribution in [-0.4, -0.2) is 18.5 Å². The molecule has 1 aliphatic carbocycles. The number of amides is 1. The summed E-state index contributed by atoms with van der Waals surface area (Å²) in [6.07, 6.45) is 4.41. The van der Waals surface area contributed by atoms with Crippen LogP contribution in [0.2, 0.25) is 0 Å². The maximum Gasteiger partial charge on any atom is 0.221 e. The third kappa shape index (κ3) is 3.82. The first-order valence-corrected chi connectivity index (χ1v) is 5.94. The summed E-state index contributed by atoms with van der Waals surface area (Å²) in [5, 5.41) is 2.98. The van der Waals surface area contributed by atoms with Crippen LogP contribution in [-0.2, 0) is 4.79 Å². The fraction of sp³-hybridized carbons (Fsp3) is 0.917. The van der Waals surface area contributed by atoms with Crippen molar-refractivity contribution in [1.82, 2.24) is 5.32 Å². The molecule has 3 nitrogen and oxygen atoms in total. The highest BCUT2D eigenvalue weighted by Crippen LogP contribution is 2.41. The number of carbonyl (C=O) groups is 1. The third-order valence-electron chi connectivity index (χ3n) is 3.46. The summed E-state index contributed by atoms with van der Waals surface area (Å²) in [7, 11) is 0. The molecule has 3 heteroatoms. The fourth-order valence-corrected chi connectivity index (χ4v) is 2.03. The minimum absolute atomic E-state index is 0.0446. The van der Waals surface area contributed by atoms with Crippen LogP contribution >= 0.6 is 0 Å². The molecule has 0 aromatic rings. The van der Waals surface area contributed by atoms with E-state index in [-0.39, 0.29) is 17.4 Å². The lowest BCUT2D eigenvalue weighted by Crippen LogP contribution is -2.42. The second kappa shape index (κ2) is 4.97. The molecule has 1 unspecified atom stereocenters. The van der Waals surface area contributed by atoms with Gasteiger partial charge in [0.2, 0.25) is 5.91 Å². The molecule has 1 atom stereocenters. The Hall–Kier alpha value is -0.570. The molecule has 0 spiro atoms. The van der Waals surface area contributed by atoms with Crippen LogP contribution in [0.5, 0.6) is 0 Å². The predicted octanol–water partition coefficient (Wildman–Crippen LogP) is 1.67. The number of hydrogen-bond donors (Lipinski definition) is 2. The normalized spacial score (nSPS) is 19.5. The zero-order valence-corrected chi connectivity index (χ0v) is 10.2. The second-order valence-electron chi connectivity index (χ2n) is 5.57. The average Bonchev–Trinajstić information content (AvgIpc) is 1.95. The van der Waals surface area contributed by atoms with Gasteiger partial charge in [0.15, 0.2) is 0 Å². The molecule has 1 amide bonds. The van der Waals surface area contributed by atoms with Crippen LogP contribution in [0.25, 0.3) is 0 Å². The van der Waals surface area contributed by atoms with Crippen molar-refractivity contribution in [1.29, 1.82) is 0 Å². The van der Waals surface area contributed by atoms with E-state index in [4.69, 9.17) is 5.73 Å². The molecule has 1 fully saturated rings. The Balaban J connectivity index is 2.25. The van der Waals surface area contributed by atoms with Gasteiger partial charge in [-0.2, -0.15) is 0 Å². The summed E-state index contributed by atoms with van der Waals surface area (Å²) in [6, 6.07) is -0.0446. The third-order valence-corrected chi connectivity index (χ3v) is 3.46. The summed E-state index contributed by atoms with van der Waals surface area (Å²) < 4.78 is 0. The first-order chi connectivity index (χ1) is 6.92. The molecule has 0 saturated heterocycles. The maximum absolute atomic E-state index is 11.4. The second-order valence-corrected chi connectivity index (χ2v) is 5.57. The maximum atomic E-state index is 11.4. The fourth-order valence-electron chi connectivity index (χ4n) is 2.03. The summed E-state index contributed by atoms with van der Waals surface area (Å²) >= 11 is 0. The first kappa shape index (κ1) is 12.5. The standard InChI is InChI=1S/C12H24N2O/c1-9(13)7-11(15)14-8-12(2,3)10-5-4-6-10/h9-10H,4-8,13H2,1-3H3,(H,14,15). The highest BCUT2D eigenvalue weighted by atomic mass is 16.1. The molecule has 0 radical (unpaired) electrons. The zero-order chi connectivity index (χ0) is 11.5. The van der Waals surface area contributed by atoms with Gasteiger partial charge >= 0.3 is 0 Å². The van der Waals surface area contributed by atoms with E-state index in [1.165, 1.54) is 19.3 Å². The van der Waals surface area contributed by atoms with Gasteiger partial charge in [-0.3, -0.25) is 4.79 Å². The molecule has 1 rings (SSSR count). The van der Waals surface area contributed by atoms with Gasteiger partial charge in [-0.15, -0.1) is 0 Å². The molecular weight excluding hydrogens is 188 g/mol. The van der Waals surface area contributed by atoms with Crippen molar-refractivity contribution >= 4 is 5.91 Å². The van der Waals surface area contributed by atoms with Crippen molar-refractivity contribution in [2.45, 2.75) is 52.5 Å². The van der Waals surface area contributed by atoms with E-state index >= 15 is 0 Å². The van der Waals surface area contributed by atoms with Gasteiger partial charge in [-0.1, -0.05) is 20.3 Å². The van der Waals surface area contributed by atoms with E-state index < -0.39 is 0 Å². The number of hydrogen-bond acceptors (Lipinski definition) is 2. The molecule has 0 heterocycles. The molecule has 0 aromatic carbocycles. The van der Waals surface area contributed by atoms with Crippen LogP contribution < -0.4 is 11.1 Å². The van der Waals surface area contributed by atoms with Gasteiger partial charge in [0.05, 0.1) is 0 Å². The van der Waals surface area contributed by atoms with Crippen molar-refractivity contribution in [2.24, 2.45) is 17.1 Å². The van der Waals surface area contributed by atoms with E-state index in [1.54, 1.807) is 0 Å². The van der Waals surface area contributed by atoms with Crippen molar-refractivity contribution < 1.29 is 4.79 Å². The first-order valence-electron chi connectivity index (χ1n) is 5.94. The molecule has 1 saturated carbocycles. The molecule has 0 aliphatic heterocycles. The summed E-state index contributed by atoms with van der Waals surface area (Å²) in [5.74, 6) is 0.866. The number of carbonyl (C=O) groups excluding carboxylic acids is 1. The number of rotatable bonds is 5. The Kier molecular flexibility index (Phi) is 4.14. The van der Waals surface area contributed by atoms with E-state index in [0.717, 1.165) is 12.5 Å². The van der Waals surface area contributed by atoms with Crippen LogP contribution in [0, 0.1) is 11.3 Å². The van der Waals surface area contributed by atoms with Crippen LogP contribution in [0.3, 0.4) is 0 Å². The SMILES string of the molecule is CC(N)CC(=O)NCC(C)(C)C1CCC1.